The molecule has 0 bridgehead atoms. The van der Waals surface area contributed by atoms with Crippen LogP contribution in [0.2, 0.25) is 0 Å². The Labute approximate surface area is 265 Å². The van der Waals surface area contributed by atoms with Crippen LogP contribution in [0.15, 0.2) is 158 Å². The lowest BCUT2D eigenvalue weighted by Gasteiger charge is -2.21. The topological polar surface area (TPSA) is 4.93 Å². The van der Waals surface area contributed by atoms with Crippen molar-refractivity contribution >= 4 is 38.2 Å². The highest BCUT2D eigenvalue weighted by Gasteiger charge is 2.37. The second-order valence-corrected chi connectivity index (χ2v) is 12.5. The Morgan fingerprint density at radius 3 is 2.02 bits per heavy atom. The molecular weight excluding hydrogens is 542 g/mol. The average Bonchev–Trinajstić information content (AvgIpc) is 3.52. The Kier molecular flexibility index (Phi) is 6.25. The van der Waals surface area contributed by atoms with Crippen molar-refractivity contribution in [3.63, 3.8) is 0 Å². The summed E-state index contributed by atoms with van der Waals surface area (Å²) in [5, 5.41) is 5.03. The van der Waals surface area contributed by atoms with Crippen LogP contribution >= 0.6 is 0 Å². The van der Waals surface area contributed by atoms with E-state index in [1.165, 1.54) is 82.8 Å². The fourth-order valence-electron chi connectivity index (χ4n) is 7.60. The summed E-state index contributed by atoms with van der Waals surface area (Å²) in [7, 11) is 0. The van der Waals surface area contributed by atoms with Crippen LogP contribution in [-0.4, -0.2) is 4.57 Å². The highest BCUT2D eigenvalue weighted by molar-refractivity contribution is 6.12. The summed E-state index contributed by atoms with van der Waals surface area (Å²) in [5.41, 5.74) is 13.8. The Bertz CT molecular complexity index is 2360. The van der Waals surface area contributed by atoms with E-state index in [1.807, 2.05) is 6.08 Å². The summed E-state index contributed by atoms with van der Waals surface area (Å²) in [4.78, 5) is 0. The second kappa shape index (κ2) is 10.4. The van der Waals surface area contributed by atoms with E-state index in [9.17, 15) is 0 Å². The Morgan fingerprint density at radius 1 is 0.578 bits per heavy atom. The Balaban J connectivity index is 1.36. The van der Waals surface area contributed by atoms with E-state index in [0.29, 0.717) is 0 Å². The van der Waals surface area contributed by atoms with Gasteiger partial charge in [-0.15, -0.1) is 0 Å². The van der Waals surface area contributed by atoms with Crippen LogP contribution in [0, 0.1) is 0 Å². The van der Waals surface area contributed by atoms with Gasteiger partial charge in [0.15, 0.2) is 0 Å². The monoisotopic (exact) mass is 577 g/mol. The highest BCUT2D eigenvalue weighted by Crippen LogP contribution is 2.50. The maximum absolute atomic E-state index is 4.00. The number of allylic oxidation sites excluding steroid dienone is 5. The van der Waals surface area contributed by atoms with Crippen molar-refractivity contribution in [3.8, 4) is 27.9 Å². The quantitative estimate of drug-likeness (QED) is 0.196. The van der Waals surface area contributed by atoms with Crippen molar-refractivity contribution in [2.24, 2.45) is 0 Å². The lowest BCUT2D eigenvalue weighted by atomic mass is 9.82. The number of nitrogens with zero attached hydrogens (tertiary/aromatic N) is 1. The molecule has 0 spiro atoms. The van der Waals surface area contributed by atoms with Gasteiger partial charge in [-0.3, -0.25) is 0 Å². The first-order chi connectivity index (χ1) is 22.0. The van der Waals surface area contributed by atoms with E-state index in [0.717, 1.165) is 0 Å². The number of hydrogen-bond acceptors (Lipinski definition) is 0. The molecule has 0 unspecified atom stereocenters. The summed E-state index contributed by atoms with van der Waals surface area (Å²) in [5.74, 6) is 0. The molecule has 8 rings (SSSR count). The molecule has 0 radical (unpaired) electrons. The third-order valence-electron chi connectivity index (χ3n) is 9.75. The van der Waals surface area contributed by atoms with Gasteiger partial charge in [0.25, 0.3) is 0 Å². The SMILES string of the molecule is C=CC=C1/C(=C\C)c2cc(-c3ccc4c5ccccc5n(-c5ccc(-c6ccccc6)c6ccccc56)c4c3)ccc2C1(C)C. The minimum Gasteiger partial charge on any atom is -0.309 e. The van der Waals surface area contributed by atoms with Crippen molar-refractivity contribution in [2.45, 2.75) is 26.2 Å². The fourth-order valence-corrected chi connectivity index (χ4v) is 7.60. The smallest absolute Gasteiger partial charge is 0.0547 e. The van der Waals surface area contributed by atoms with Crippen molar-refractivity contribution in [2.75, 3.05) is 0 Å². The second-order valence-electron chi connectivity index (χ2n) is 12.5. The predicted molar refractivity (Wildman–Crippen MR) is 194 cm³/mol. The van der Waals surface area contributed by atoms with Gasteiger partial charge >= 0.3 is 0 Å². The van der Waals surface area contributed by atoms with E-state index in [2.05, 4.69) is 171 Å². The molecule has 0 saturated heterocycles. The van der Waals surface area contributed by atoms with Crippen LogP contribution < -0.4 is 0 Å². The van der Waals surface area contributed by atoms with Gasteiger partial charge in [-0.05, 0) is 81.1 Å². The molecule has 216 valence electrons. The first-order valence-corrected chi connectivity index (χ1v) is 15.8. The minimum absolute atomic E-state index is 0.0623. The standard InChI is InChI=1S/C44H35N/c1-5-14-39-32(6-2)38-27-30(22-25-40(38)44(39,3)4)31-21-23-37-36-19-12-13-20-41(36)45(43(37)28-31)42-26-24-33(29-15-8-7-9-16-29)34-17-10-11-18-35(34)42/h5-28H,1H2,2-4H3/b32-6-,39-14?. The fraction of sp³-hybridized carbons (Fsp3) is 0.0909. The van der Waals surface area contributed by atoms with Gasteiger partial charge in [-0.1, -0.05) is 142 Å². The third kappa shape index (κ3) is 4.08. The lowest BCUT2D eigenvalue weighted by Crippen LogP contribution is -2.14. The normalized spacial score (nSPS) is 15.8. The molecule has 1 aliphatic carbocycles. The van der Waals surface area contributed by atoms with Gasteiger partial charge in [0, 0.05) is 21.6 Å². The summed E-state index contributed by atoms with van der Waals surface area (Å²) in [6.45, 7) is 10.8. The third-order valence-corrected chi connectivity index (χ3v) is 9.75. The highest BCUT2D eigenvalue weighted by atomic mass is 15.0. The van der Waals surface area contributed by atoms with Gasteiger partial charge < -0.3 is 4.57 Å². The summed E-state index contributed by atoms with van der Waals surface area (Å²) in [6.07, 6.45) is 6.33. The largest absolute Gasteiger partial charge is 0.309 e. The van der Waals surface area contributed by atoms with Gasteiger partial charge in [-0.2, -0.15) is 0 Å². The first kappa shape index (κ1) is 27.2. The molecular formula is C44H35N. The molecule has 6 aromatic carbocycles. The van der Waals surface area contributed by atoms with Crippen molar-refractivity contribution in [1.82, 2.24) is 4.57 Å². The number of hydrogen-bond donors (Lipinski definition) is 0. The van der Waals surface area contributed by atoms with Crippen LogP contribution in [0.25, 0.3) is 66.1 Å². The van der Waals surface area contributed by atoms with Gasteiger partial charge in [0.2, 0.25) is 0 Å². The number of fused-ring (bicyclic) bond motifs is 5. The minimum atomic E-state index is -0.0623. The van der Waals surface area contributed by atoms with Gasteiger partial charge in [0.1, 0.15) is 0 Å². The molecule has 1 aliphatic rings. The average molecular weight is 578 g/mol. The lowest BCUT2D eigenvalue weighted by molar-refractivity contribution is 0.661. The van der Waals surface area contributed by atoms with Crippen molar-refractivity contribution < 1.29 is 0 Å². The molecule has 45 heavy (non-hydrogen) atoms. The zero-order valence-electron chi connectivity index (χ0n) is 26.0. The maximum Gasteiger partial charge on any atom is 0.0547 e. The molecule has 7 aromatic rings. The van der Waals surface area contributed by atoms with Crippen molar-refractivity contribution in [3.05, 3.63) is 169 Å². The summed E-state index contributed by atoms with van der Waals surface area (Å²) in [6, 6.07) is 46.9. The zero-order chi connectivity index (χ0) is 30.7. The van der Waals surface area contributed by atoms with Crippen LogP contribution in [-0.2, 0) is 5.41 Å². The molecule has 1 nitrogen and oxygen atoms in total. The van der Waals surface area contributed by atoms with Crippen LogP contribution in [0.3, 0.4) is 0 Å². The number of rotatable bonds is 4. The van der Waals surface area contributed by atoms with Crippen LogP contribution in [0.4, 0.5) is 0 Å². The molecule has 0 N–H and O–H groups in total. The zero-order valence-corrected chi connectivity index (χ0v) is 26.0. The van der Waals surface area contributed by atoms with Crippen LogP contribution in [0.5, 0.6) is 0 Å². The molecule has 1 aromatic heterocycles. The van der Waals surface area contributed by atoms with Gasteiger partial charge in [-0.25, -0.2) is 0 Å². The summed E-state index contributed by atoms with van der Waals surface area (Å²) < 4.78 is 2.46. The predicted octanol–water partition coefficient (Wildman–Crippen LogP) is 12.1. The molecule has 0 saturated carbocycles. The molecule has 1 heteroatoms. The molecule has 0 aliphatic heterocycles. The van der Waals surface area contributed by atoms with Gasteiger partial charge in [0.05, 0.1) is 16.7 Å². The van der Waals surface area contributed by atoms with E-state index in [1.54, 1.807) is 0 Å². The maximum atomic E-state index is 4.00. The number of para-hydroxylation sites is 1. The Hall–Kier alpha value is -5.40. The van der Waals surface area contributed by atoms with E-state index in [-0.39, 0.29) is 5.41 Å². The molecule has 1 heterocycles. The molecule has 0 amide bonds. The van der Waals surface area contributed by atoms with Crippen molar-refractivity contribution in [1.29, 1.82) is 0 Å². The van der Waals surface area contributed by atoms with E-state index < -0.39 is 0 Å². The van der Waals surface area contributed by atoms with E-state index in [4.69, 9.17) is 0 Å². The number of benzene rings is 6. The summed E-state index contributed by atoms with van der Waals surface area (Å²) >= 11 is 0. The Morgan fingerprint density at radius 2 is 1.24 bits per heavy atom. The first-order valence-electron chi connectivity index (χ1n) is 15.8. The number of aromatic nitrogens is 1. The van der Waals surface area contributed by atoms with E-state index >= 15 is 0 Å². The van der Waals surface area contributed by atoms with Crippen LogP contribution in [0.1, 0.15) is 31.9 Å². The molecule has 0 fully saturated rings. The molecule has 0 atom stereocenters.